The molecule has 14 heteroatoms. The fraction of sp³-hybridized carbons (Fsp3) is 0.200. The summed E-state index contributed by atoms with van der Waals surface area (Å²) in [5.41, 5.74) is -5.37. The van der Waals surface area contributed by atoms with E-state index in [1.807, 2.05) is 0 Å². The van der Waals surface area contributed by atoms with Crippen LogP contribution >= 0.6 is 0 Å². The van der Waals surface area contributed by atoms with Crippen LogP contribution < -0.4 is 11.7 Å². The van der Waals surface area contributed by atoms with Crippen LogP contribution in [0.25, 0.3) is 0 Å². The number of hydrazine groups is 1. The first-order chi connectivity index (χ1) is 18.2. The zero-order valence-corrected chi connectivity index (χ0v) is 19.7. The van der Waals surface area contributed by atoms with E-state index in [0.29, 0.717) is 29.5 Å². The highest BCUT2D eigenvalue weighted by atomic mass is 19.4. The molecule has 2 unspecified atom stereocenters. The van der Waals surface area contributed by atoms with Crippen molar-refractivity contribution in [2.45, 2.75) is 23.8 Å². The van der Waals surface area contributed by atoms with E-state index in [1.165, 1.54) is 12.1 Å². The molecule has 2 aromatic carbocycles. The molecule has 3 aromatic rings. The lowest BCUT2D eigenvalue weighted by atomic mass is 9.84. The quantitative estimate of drug-likeness (QED) is 0.0886. The summed E-state index contributed by atoms with van der Waals surface area (Å²) in [5.74, 6) is 8.85. The molecule has 0 radical (unpaired) electrons. The molecule has 206 valence electrons. The van der Waals surface area contributed by atoms with Gasteiger partial charge in [0.2, 0.25) is 0 Å². The fourth-order valence-corrected chi connectivity index (χ4v) is 3.52. The van der Waals surface area contributed by atoms with Crippen molar-refractivity contribution < 1.29 is 40.9 Å². The molecule has 39 heavy (non-hydrogen) atoms. The summed E-state index contributed by atoms with van der Waals surface area (Å²) in [5, 5.41) is 23.9. The van der Waals surface area contributed by atoms with Crippen LogP contribution in [-0.2, 0) is 11.5 Å². The van der Waals surface area contributed by atoms with Gasteiger partial charge in [0.25, 0.3) is 0 Å². The number of aliphatic hydroxyl groups excluding tert-OH is 1. The number of nitrogens with two attached hydrogens (primary N) is 2. The number of aromatic nitrogens is 1. The zero-order valence-electron chi connectivity index (χ0n) is 19.7. The smallest absolute Gasteiger partial charge is 0.379 e. The molecule has 1 heterocycles. The third kappa shape index (κ3) is 6.45. The Bertz CT molecular complexity index is 1390. The Balaban J connectivity index is 1.91. The van der Waals surface area contributed by atoms with Gasteiger partial charge in [0, 0.05) is 29.0 Å². The molecule has 3 rings (SSSR count). The van der Waals surface area contributed by atoms with Crippen molar-refractivity contribution in [2.24, 2.45) is 16.8 Å². The molecule has 0 aliphatic carbocycles. The SMILES string of the molecule is N/N=C\N(N)CC(O)(c1ccc(F)cc1F)C(F)(F)c1ccc(C#Cc2ccc(C(O)C(F)(F)F)cc2)cn1. The molecule has 0 saturated heterocycles. The van der Waals surface area contributed by atoms with Gasteiger partial charge in [0.15, 0.2) is 11.7 Å². The summed E-state index contributed by atoms with van der Waals surface area (Å²) < 4.78 is 97.1. The lowest BCUT2D eigenvalue weighted by Gasteiger charge is -2.37. The number of hydrogen-bond donors (Lipinski definition) is 4. The Kier molecular flexibility index (Phi) is 8.49. The second kappa shape index (κ2) is 11.3. The number of hydrogen-bond acceptors (Lipinski definition) is 6. The topological polar surface area (TPSA) is 121 Å². The third-order valence-electron chi connectivity index (χ3n) is 5.50. The number of pyridine rings is 1. The summed E-state index contributed by atoms with van der Waals surface area (Å²) >= 11 is 0. The van der Waals surface area contributed by atoms with E-state index in [-0.39, 0.29) is 16.7 Å². The molecule has 6 N–H and O–H groups in total. The second-order valence-electron chi connectivity index (χ2n) is 8.24. The number of rotatable bonds is 7. The van der Waals surface area contributed by atoms with Crippen molar-refractivity contribution >= 4 is 6.34 Å². The van der Waals surface area contributed by atoms with Gasteiger partial charge in [-0.3, -0.25) is 9.99 Å². The average molecular weight is 555 g/mol. The maximum atomic E-state index is 15.7. The van der Waals surface area contributed by atoms with E-state index in [0.717, 1.165) is 30.5 Å². The summed E-state index contributed by atoms with van der Waals surface area (Å²) in [6, 6.07) is 8.11. The second-order valence-corrected chi connectivity index (χ2v) is 8.24. The normalized spacial score (nSPS) is 14.4. The summed E-state index contributed by atoms with van der Waals surface area (Å²) in [4.78, 5) is 3.63. The van der Waals surface area contributed by atoms with Crippen LogP contribution in [0.4, 0.5) is 30.7 Å². The minimum absolute atomic E-state index is 0.112. The molecule has 0 spiro atoms. The van der Waals surface area contributed by atoms with Gasteiger partial charge in [-0.1, -0.05) is 24.0 Å². The van der Waals surface area contributed by atoms with Crippen molar-refractivity contribution in [1.29, 1.82) is 0 Å². The van der Waals surface area contributed by atoms with E-state index in [9.17, 15) is 32.2 Å². The molecule has 1 aromatic heterocycles. The van der Waals surface area contributed by atoms with E-state index in [1.54, 1.807) is 0 Å². The van der Waals surface area contributed by atoms with Crippen molar-refractivity contribution in [3.05, 3.63) is 100 Å². The van der Waals surface area contributed by atoms with Crippen molar-refractivity contribution in [1.82, 2.24) is 9.99 Å². The highest BCUT2D eigenvalue weighted by Crippen LogP contribution is 2.46. The maximum absolute atomic E-state index is 15.7. The first kappa shape index (κ1) is 29.4. The fourth-order valence-electron chi connectivity index (χ4n) is 3.52. The average Bonchev–Trinajstić information content (AvgIpc) is 2.87. The van der Waals surface area contributed by atoms with Crippen LogP contribution in [-0.4, -0.2) is 39.3 Å². The van der Waals surface area contributed by atoms with Gasteiger partial charge in [0.1, 0.15) is 23.7 Å². The highest BCUT2D eigenvalue weighted by molar-refractivity contribution is 5.54. The maximum Gasteiger partial charge on any atom is 0.418 e. The molecule has 2 atom stereocenters. The van der Waals surface area contributed by atoms with Crippen LogP contribution in [0.15, 0.2) is 65.9 Å². The minimum atomic E-state index is -4.84. The Labute approximate surface area is 217 Å². The summed E-state index contributed by atoms with van der Waals surface area (Å²) in [6.45, 7) is -1.13. The Hall–Kier alpha value is -4.19. The van der Waals surface area contributed by atoms with Crippen LogP contribution in [0, 0.1) is 23.5 Å². The number of halogens is 7. The minimum Gasteiger partial charge on any atom is -0.379 e. The van der Waals surface area contributed by atoms with E-state index >= 15 is 8.78 Å². The first-order valence-electron chi connectivity index (χ1n) is 10.8. The number of hydrazone groups is 1. The van der Waals surface area contributed by atoms with Gasteiger partial charge in [-0.05, 0) is 42.0 Å². The van der Waals surface area contributed by atoms with Gasteiger partial charge >= 0.3 is 12.1 Å². The standard InChI is InChI=1S/C25H20F7N5O2/c26-18-8-9-19(20(27)11-18)23(39,13-37(34)14-36-33)24(28,29)21-10-5-16(12-35-21)2-1-15-3-6-17(7-4-15)22(38)25(30,31)32/h3-12,14,22,38-39H,13,33-34H2/b36-14-. The van der Waals surface area contributed by atoms with Crippen LogP contribution in [0.3, 0.4) is 0 Å². The van der Waals surface area contributed by atoms with Crippen molar-refractivity contribution in [3.63, 3.8) is 0 Å². The number of benzene rings is 2. The van der Waals surface area contributed by atoms with E-state index in [4.69, 9.17) is 11.7 Å². The lowest BCUT2D eigenvalue weighted by Crippen LogP contribution is -2.53. The molecule has 0 amide bonds. The molecule has 0 fully saturated rings. The van der Waals surface area contributed by atoms with Gasteiger partial charge in [-0.15, -0.1) is 0 Å². The van der Waals surface area contributed by atoms with Crippen molar-refractivity contribution in [3.8, 4) is 11.8 Å². The monoisotopic (exact) mass is 555 g/mol. The predicted octanol–water partition coefficient (Wildman–Crippen LogP) is 3.41. The molecule has 0 saturated carbocycles. The van der Waals surface area contributed by atoms with Crippen LogP contribution in [0.1, 0.15) is 34.1 Å². The van der Waals surface area contributed by atoms with Crippen LogP contribution in [0.5, 0.6) is 0 Å². The Morgan fingerprint density at radius 3 is 2.13 bits per heavy atom. The number of nitrogens with zero attached hydrogens (tertiary/aromatic N) is 3. The first-order valence-corrected chi connectivity index (χ1v) is 10.8. The van der Waals surface area contributed by atoms with Crippen molar-refractivity contribution in [2.75, 3.05) is 6.54 Å². The number of alkyl halides is 5. The Morgan fingerprint density at radius 1 is 0.974 bits per heavy atom. The molecule has 0 aliphatic rings. The molecular weight excluding hydrogens is 535 g/mol. The predicted molar refractivity (Wildman–Crippen MR) is 125 cm³/mol. The summed E-state index contributed by atoms with van der Waals surface area (Å²) in [6.07, 6.45) is -5.86. The van der Waals surface area contributed by atoms with E-state index in [2.05, 4.69) is 21.9 Å². The summed E-state index contributed by atoms with van der Waals surface area (Å²) in [7, 11) is 0. The van der Waals surface area contributed by atoms with Gasteiger partial charge in [-0.25, -0.2) is 14.6 Å². The van der Waals surface area contributed by atoms with E-state index < -0.39 is 53.2 Å². The molecular formula is C25H20F7N5O2. The number of aliphatic hydroxyl groups is 2. The molecule has 0 aliphatic heterocycles. The molecule has 7 nitrogen and oxygen atoms in total. The highest BCUT2D eigenvalue weighted by Gasteiger charge is 2.58. The Morgan fingerprint density at radius 2 is 1.59 bits per heavy atom. The zero-order chi connectivity index (χ0) is 29.0. The lowest BCUT2D eigenvalue weighted by molar-refractivity contribution is -0.206. The third-order valence-corrected chi connectivity index (χ3v) is 5.50. The molecule has 0 bridgehead atoms. The van der Waals surface area contributed by atoms with Crippen LogP contribution in [0.2, 0.25) is 0 Å². The van der Waals surface area contributed by atoms with Gasteiger partial charge in [-0.2, -0.15) is 27.1 Å². The van der Waals surface area contributed by atoms with Gasteiger partial charge < -0.3 is 16.1 Å². The largest absolute Gasteiger partial charge is 0.418 e. The van der Waals surface area contributed by atoms with Gasteiger partial charge in [0.05, 0.1) is 6.54 Å².